The van der Waals surface area contributed by atoms with E-state index in [1.54, 1.807) is 12.1 Å². The molecule has 1 amide bonds. The fourth-order valence-corrected chi connectivity index (χ4v) is 1.73. The average Bonchev–Trinajstić information content (AvgIpc) is 2.32. The van der Waals surface area contributed by atoms with E-state index < -0.39 is 5.91 Å². The molecule has 0 fully saturated rings. The second-order valence-electron chi connectivity index (χ2n) is 3.92. The van der Waals surface area contributed by atoms with Crippen LogP contribution in [0.25, 0.3) is 0 Å². The molecule has 98 valence electrons. The van der Waals surface area contributed by atoms with Gasteiger partial charge in [-0.25, -0.2) is 0 Å². The summed E-state index contributed by atoms with van der Waals surface area (Å²) in [4.78, 5) is 12.0. The minimum Gasteiger partial charge on any atom is -0.508 e. The lowest BCUT2D eigenvalue weighted by molar-refractivity contribution is 0.102. The first-order valence-corrected chi connectivity index (χ1v) is 5.73. The molecule has 19 heavy (non-hydrogen) atoms. The molecule has 0 saturated heterocycles. The van der Waals surface area contributed by atoms with E-state index in [1.807, 2.05) is 0 Å². The third-order valence-electron chi connectivity index (χ3n) is 2.43. The summed E-state index contributed by atoms with van der Waals surface area (Å²) in [6.07, 6.45) is 0. The van der Waals surface area contributed by atoms with Crippen molar-refractivity contribution in [3.63, 3.8) is 0 Å². The number of carbonyl (C=O) groups excluding carboxylic acids is 1. The lowest BCUT2D eigenvalue weighted by Crippen LogP contribution is -2.13. The molecule has 0 atom stereocenters. The SMILES string of the molecule is Nc1ccc(Cl)cc1NC(=O)c1cc(O)cc(O)c1. The molecule has 0 saturated carbocycles. The van der Waals surface area contributed by atoms with Gasteiger partial charge in [0.1, 0.15) is 11.5 Å². The Morgan fingerprint density at radius 1 is 1.11 bits per heavy atom. The zero-order chi connectivity index (χ0) is 14.0. The quantitative estimate of drug-likeness (QED) is 0.635. The number of nitrogen functional groups attached to an aromatic ring is 1. The van der Waals surface area contributed by atoms with Crippen molar-refractivity contribution in [1.82, 2.24) is 0 Å². The van der Waals surface area contributed by atoms with Crippen LogP contribution in [0.3, 0.4) is 0 Å². The fourth-order valence-electron chi connectivity index (χ4n) is 1.56. The van der Waals surface area contributed by atoms with E-state index in [4.69, 9.17) is 17.3 Å². The minimum absolute atomic E-state index is 0.108. The number of anilines is 2. The van der Waals surface area contributed by atoms with Crippen molar-refractivity contribution in [2.75, 3.05) is 11.1 Å². The Kier molecular flexibility index (Phi) is 3.48. The molecule has 5 nitrogen and oxygen atoms in total. The van der Waals surface area contributed by atoms with E-state index in [-0.39, 0.29) is 17.1 Å². The number of hydrogen-bond donors (Lipinski definition) is 4. The first kappa shape index (κ1) is 13.0. The van der Waals surface area contributed by atoms with Crippen LogP contribution in [0.5, 0.6) is 11.5 Å². The molecule has 0 unspecified atom stereocenters. The fraction of sp³-hybridized carbons (Fsp3) is 0. The van der Waals surface area contributed by atoms with Gasteiger partial charge in [0.05, 0.1) is 11.4 Å². The van der Waals surface area contributed by atoms with Crippen LogP contribution in [0.2, 0.25) is 5.02 Å². The summed E-state index contributed by atoms with van der Waals surface area (Å²) in [6.45, 7) is 0. The van der Waals surface area contributed by atoms with Crippen molar-refractivity contribution in [2.24, 2.45) is 0 Å². The molecule has 0 aliphatic heterocycles. The second-order valence-corrected chi connectivity index (χ2v) is 4.36. The number of rotatable bonds is 2. The van der Waals surface area contributed by atoms with Crippen LogP contribution in [0, 0.1) is 0 Å². The van der Waals surface area contributed by atoms with Crippen LogP contribution in [0.1, 0.15) is 10.4 Å². The summed E-state index contributed by atoms with van der Waals surface area (Å²) in [5.41, 5.74) is 6.54. The summed E-state index contributed by atoms with van der Waals surface area (Å²) < 4.78 is 0. The Bertz CT molecular complexity index is 624. The molecule has 2 aromatic carbocycles. The van der Waals surface area contributed by atoms with Crippen LogP contribution in [0.4, 0.5) is 11.4 Å². The molecule has 0 aromatic heterocycles. The van der Waals surface area contributed by atoms with Gasteiger partial charge >= 0.3 is 0 Å². The van der Waals surface area contributed by atoms with Crippen molar-refractivity contribution < 1.29 is 15.0 Å². The van der Waals surface area contributed by atoms with E-state index in [2.05, 4.69) is 5.32 Å². The van der Waals surface area contributed by atoms with E-state index in [1.165, 1.54) is 18.2 Å². The number of hydrogen-bond acceptors (Lipinski definition) is 4. The zero-order valence-corrected chi connectivity index (χ0v) is 10.5. The molecule has 0 bridgehead atoms. The minimum atomic E-state index is -0.514. The lowest BCUT2D eigenvalue weighted by atomic mass is 10.1. The monoisotopic (exact) mass is 278 g/mol. The van der Waals surface area contributed by atoms with Crippen molar-refractivity contribution >= 4 is 28.9 Å². The number of nitrogens with one attached hydrogen (secondary N) is 1. The van der Waals surface area contributed by atoms with Gasteiger partial charge in [0.15, 0.2) is 0 Å². The van der Waals surface area contributed by atoms with Gasteiger partial charge < -0.3 is 21.3 Å². The lowest BCUT2D eigenvalue weighted by Gasteiger charge is -2.09. The normalized spacial score (nSPS) is 10.2. The van der Waals surface area contributed by atoms with E-state index >= 15 is 0 Å². The molecule has 0 aliphatic carbocycles. The number of benzene rings is 2. The number of halogens is 1. The van der Waals surface area contributed by atoms with E-state index in [0.29, 0.717) is 16.4 Å². The molecular formula is C13H11ClN2O3. The highest BCUT2D eigenvalue weighted by molar-refractivity contribution is 6.31. The highest BCUT2D eigenvalue weighted by Gasteiger charge is 2.10. The van der Waals surface area contributed by atoms with Crippen molar-refractivity contribution in [2.45, 2.75) is 0 Å². The zero-order valence-electron chi connectivity index (χ0n) is 9.72. The van der Waals surface area contributed by atoms with Crippen LogP contribution < -0.4 is 11.1 Å². The average molecular weight is 279 g/mol. The van der Waals surface area contributed by atoms with Gasteiger partial charge in [0.25, 0.3) is 5.91 Å². The molecule has 6 heteroatoms. The van der Waals surface area contributed by atoms with Gasteiger partial charge in [-0.15, -0.1) is 0 Å². The first-order chi connectivity index (χ1) is 8.95. The first-order valence-electron chi connectivity index (χ1n) is 5.35. The third kappa shape index (κ3) is 3.08. The number of carbonyl (C=O) groups is 1. The molecule has 2 aromatic rings. The van der Waals surface area contributed by atoms with Crippen LogP contribution in [0.15, 0.2) is 36.4 Å². The summed E-state index contributed by atoms with van der Waals surface area (Å²) in [7, 11) is 0. The number of aromatic hydroxyl groups is 2. The Morgan fingerprint density at radius 2 is 1.74 bits per heavy atom. The molecule has 0 spiro atoms. The van der Waals surface area contributed by atoms with Gasteiger partial charge in [-0.3, -0.25) is 4.79 Å². The van der Waals surface area contributed by atoms with Gasteiger partial charge in [0, 0.05) is 16.7 Å². The topological polar surface area (TPSA) is 95.6 Å². The number of nitrogens with two attached hydrogens (primary N) is 1. The highest BCUT2D eigenvalue weighted by Crippen LogP contribution is 2.25. The van der Waals surface area contributed by atoms with Crippen LogP contribution in [-0.2, 0) is 0 Å². The van der Waals surface area contributed by atoms with Gasteiger partial charge in [-0.1, -0.05) is 11.6 Å². The van der Waals surface area contributed by atoms with Crippen LogP contribution >= 0.6 is 11.6 Å². The number of amides is 1. The molecule has 2 rings (SSSR count). The molecule has 5 N–H and O–H groups in total. The predicted octanol–water partition coefficient (Wildman–Crippen LogP) is 2.59. The summed E-state index contributed by atoms with van der Waals surface area (Å²) in [5.74, 6) is -0.923. The predicted molar refractivity (Wildman–Crippen MR) is 73.6 cm³/mol. The summed E-state index contributed by atoms with van der Waals surface area (Å²) in [5, 5.41) is 21.6. The molecule has 0 aliphatic rings. The van der Waals surface area contributed by atoms with Gasteiger partial charge in [0.2, 0.25) is 0 Å². The van der Waals surface area contributed by atoms with Crippen molar-refractivity contribution in [1.29, 1.82) is 0 Å². The van der Waals surface area contributed by atoms with Crippen LogP contribution in [-0.4, -0.2) is 16.1 Å². The second kappa shape index (κ2) is 5.07. The maximum Gasteiger partial charge on any atom is 0.255 e. The Morgan fingerprint density at radius 3 is 2.37 bits per heavy atom. The summed E-state index contributed by atoms with van der Waals surface area (Å²) >= 11 is 5.81. The Labute approximate surface area is 114 Å². The maximum absolute atomic E-state index is 12.0. The van der Waals surface area contributed by atoms with Crippen molar-refractivity contribution in [3.05, 3.63) is 47.0 Å². The molecule has 0 heterocycles. The Balaban J connectivity index is 2.28. The Hall–Kier alpha value is -2.40. The summed E-state index contributed by atoms with van der Waals surface area (Å²) in [6, 6.07) is 8.28. The smallest absolute Gasteiger partial charge is 0.255 e. The van der Waals surface area contributed by atoms with E-state index in [0.717, 1.165) is 6.07 Å². The standard InChI is InChI=1S/C13H11ClN2O3/c14-8-1-2-11(15)12(5-8)16-13(19)7-3-9(17)6-10(18)4-7/h1-6,17-18H,15H2,(H,16,19). The van der Waals surface area contributed by atoms with Gasteiger partial charge in [-0.05, 0) is 30.3 Å². The van der Waals surface area contributed by atoms with Crippen molar-refractivity contribution in [3.8, 4) is 11.5 Å². The van der Waals surface area contributed by atoms with E-state index in [9.17, 15) is 15.0 Å². The largest absolute Gasteiger partial charge is 0.508 e. The highest BCUT2D eigenvalue weighted by atomic mass is 35.5. The molecule has 0 radical (unpaired) electrons. The molecular weight excluding hydrogens is 268 g/mol. The van der Waals surface area contributed by atoms with Gasteiger partial charge in [-0.2, -0.15) is 0 Å². The number of phenols is 2. The number of phenolic OH excluding ortho intramolecular Hbond substituents is 2. The maximum atomic E-state index is 12.0. The third-order valence-corrected chi connectivity index (χ3v) is 2.66.